The Labute approximate surface area is 101 Å². The zero-order valence-electron chi connectivity index (χ0n) is 9.01. The first kappa shape index (κ1) is 12.4. The molecule has 0 N–H and O–H groups in total. The second kappa shape index (κ2) is 5.08. The van der Waals surface area contributed by atoms with Crippen molar-refractivity contribution in [2.75, 3.05) is 0 Å². The quantitative estimate of drug-likeness (QED) is 0.601. The van der Waals surface area contributed by atoms with Gasteiger partial charge < -0.3 is 4.74 Å². The van der Waals surface area contributed by atoms with Gasteiger partial charge in [-0.2, -0.15) is 0 Å². The van der Waals surface area contributed by atoms with Gasteiger partial charge in [0.1, 0.15) is 24.0 Å². The van der Waals surface area contributed by atoms with Crippen LogP contribution in [0.25, 0.3) is 0 Å². The lowest BCUT2D eigenvalue weighted by Crippen LogP contribution is -2.02. The highest BCUT2D eigenvalue weighted by Gasteiger charge is 2.11. The van der Waals surface area contributed by atoms with Gasteiger partial charge in [-0.15, -0.1) is 0 Å². The highest BCUT2D eigenvalue weighted by Crippen LogP contribution is 2.18. The summed E-state index contributed by atoms with van der Waals surface area (Å²) in [6, 6.07) is 7.29. The van der Waals surface area contributed by atoms with Crippen LogP contribution in [0.4, 0.5) is 17.6 Å². The van der Waals surface area contributed by atoms with Crippen LogP contribution in [0.2, 0.25) is 0 Å². The fourth-order valence-corrected chi connectivity index (χ4v) is 1.37. The fraction of sp³-hybridized carbons (Fsp3) is 0.0769. The number of halogens is 4. The summed E-state index contributed by atoms with van der Waals surface area (Å²) in [5, 5.41) is 0. The summed E-state index contributed by atoms with van der Waals surface area (Å²) >= 11 is 0. The van der Waals surface area contributed by atoms with Gasteiger partial charge in [-0.25, -0.2) is 17.6 Å². The second-order valence-corrected chi connectivity index (χ2v) is 3.52. The van der Waals surface area contributed by atoms with Gasteiger partial charge in [0.05, 0.1) is 0 Å². The Kier molecular flexibility index (Phi) is 3.50. The Hall–Kier alpha value is -2.04. The summed E-state index contributed by atoms with van der Waals surface area (Å²) in [6.45, 7) is -0.416. The maximum atomic E-state index is 13.3. The smallest absolute Gasteiger partial charge is 0.165 e. The van der Waals surface area contributed by atoms with Crippen molar-refractivity contribution in [3.63, 3.8) is 0 Å². The summed E-state index contributed by atoms with van der Waals surface area (Å²) in [4.78, 5) is 0. The first-order chi connectivity index (χ1) is 8.56. The Balaban J connectivity index is 2.15. The van der Waals surface area contributed by atoms with Crippen LogP contribution in [0.1, 0.15) is 5.56 Å². The summed E-state index contributed by atoms with van der Waals surface area (Å²) in [5.41, 5.74) is -0.287. The minimum absolute atomic E-state index is 0.0269. The van der Waals surface area contributed by atoms with Crippen molar-refractivity contribution in [2.45, 2.75) is 6.61 Å². The van der Waals surface area contributed by atoms with E-state index in [-0.39, 0.29) is 11.3 Å². The van der Waals surface area contributed by atoms with E-state index in [1.54, 1.807) is 0 Å². The largest absolute Gasteiger partial charge is 0.488 e. The molecule has 5 heteroatoms. The van der Waals surface area contributed by atoms with Gasteiger partial charge in [-0.05, 0) is 18.2 Å². The van der Waals surface area contributed by atoms with E-state index in [4.69, 9.17) is 4.74 Å². The van der Waals surface area contributed by atoms with E-state index in [1.807, 2.05) is 0 Å². The number of hydrogen-bond donors (Lipinski definition) is 0. The lowest BCUT2D eigenvalue weighted by molar-refractivity contribution is 0.294. The molecular weight excluding hydrogens is 248 g/mol. The molecule has 2 aromatic carbocycles. The summed E-state index contributed by atoms with van der Waals surface area (Å²) in [5.74, 6) is -3.91. The van der Waals surface area contributed by atoms with Gasteiger partial charge in [0, 0.05) is 23.8 Å². The van der Waals surface area contributed by atoms with Crippen molar-refractivity contribution in [3.8, 4) is 5.75 Å². The van der Waals surface area contributed by atoms with Gasteiger partial charge >= 0.3 is 0 Å². The third kappa shape index (κ3) is 2.80. The van der Waals surface area contributed by atoms with E-state index >= 15 is 0 Å². The van der Waals surface area contributed by atoms with Crippen LogP contribution in [0.15, 0.2) is 30.3 Å². The predicted molar refractivity (Wildman–Crippen MR) is 55.9 cm³/mol. The molecule has 0 saturated carbocycles. The maximum absolute atomic E-state index is 13.3. The van der Waals surface area contributed by atoms with Crippen LogP contribution in [-0.2, 0) is 6.61 Å². The Morgan fingerprint density at radius 2 is 1.78 bits per heavy atom. The number of ether oxygens (including phenoxy) is 1. The topological polar surface area (TPSA) is 9.23 Å². The monoisotopic (exact) mass is 255 g/mol. The third-order valence-corrected chi connectivity index (χ3v) is 2.19. The standard InChI is InChI=1S/C13H7F4O/c14-9-2-1-3-11(5-9)18-7-8-4-10(15)6-12(16)13(8)17/h1-2,4-6H,7H2. The second-order valence-electron chi connectivity index (χ2n) is 3.52. The normalized spacial score (nSPS) is 10.4. The first-order valence-corrected chi connectivity index (χ1v) is 5.00. The summed E-state index contributed by atoms with van der Waals surface area (Å²) in [7, 11) is 0. The van der Waals surface area contributed by atoms with Gasteiger partial charge in [0.2, 0.25) is 0 Å². The van der Waals surface area contributed by atoms with Crippen LogP contribution >= 0.6 is 0 Å². The molecule has 0 fully saturated rings. The molecule has 0 saturated heterocycles. The summed E-state index contributed by atoms with van der Waals surface area (Å²) in [6.07, 6.45) is 0. The Morgan fingerprint density at radius 3 is 2.50 bits per heavy atom. The molecule has 2 rings (SSSR count). The zero-order valence-corrected chi connectivity index (χ0v) is 9.01. The van der Waals surface area contributed by atoms with Crippen LogP contribution in [0.3, 0.4) is 0 Å². The Morgan fingerprint density at radius 1 is 1.00 bits per heavy atom. The van der Waals surface area contributed by atoms with E-state index in [0.29, 0.717) is 6.07 Å². The minimum atomic E-state index is -1.29. The summed E-state index contributed by atoms with van der Waals surface area (Å²) < 4.78 is 56.8. The molecule has 0 bridgehead atoms. The van der Waals surface area contributed by atoms with Crippen molar-refractivity contribution in [1.29, 1.82) is 0 Å². The van der Waals surface area contributed by atoms with Crippen molar-refractivity contribution >= 4 is 0 Å². The molecule has 1 radical (unpaired) electrons. The van der Waals surface area contributed by atoms with E-state index < -0.39 is 29.9 Å². The molecular formula is C13H7F4O. The molecule has 0 spiro atoms. The molecule has 0 aromatic heterocycles. The number of rotatable bonds is 3. The average Bonchev–Trinajstić information content (AvgIpc) is 2.32. The van der Waals surface area contributed by atoms with Crippen molar-refractivity contribution < 1.29 is 22.3 Å². The molecule has 0 amide bonds. The van der Waals surface area contributed by atoms with Crippen molar-refractivity contribution in [3.05, 3.63) is 65.2 Å². The van der Waals surface area contributed by atoms with Gasteiger partial charge in [-0.1, -0.05) is 0 Å². The number of benzene rings is 2. The van der Waals surface area contributed by atoms with Crippen LogP contribution < -0.4 is 4.74 Å². The molecule has 0 aliphatic carbocycles. The molecule has 0 aliphatic rings. The highest BCUT2D eigenvalue weighted by atomic mass is 19.2. The van der Waals surface area contributed by atoms with Crippen LogP contribution in [-0.4, -0.2) is 0 Å². The molecule has 0 heterocycles. The van der Waals surface area contributed by atoms with E-state index in [2.05, 4.69) is 6.07 Å². The van der Waals surface area contributed by atoms with E-state index in [9.17, 15) is 17.6 Å². The molecule has 18 heavy (non-hydrogen) atoms. The van der Waals surface area contributed by atoms with E-state index in [0.717, 1.165) is 18.2 Å². The number of hydrogen-bond acceptors (Lipinski definition) is 1. The third-order valence-electron chi connectivity index (χ3n) is 2.19. The molecule has 0 atom stereocenters. The highest BCUT2D eigenvalue weighted by molar-refractivity contribution is 5.23. The van der Waals surface area contributed by atoms with E-state index in [1.165, 1.54) is 6.07 Å². The average molecular weight is 255 g/mol. The molecule has 0 aliphatic heterocycles. The van der Waals surface area contributed by atoms with Gasteiger partial charge in [0.25, 0.3) is 0 Å². The van der Waals surface area contributed by atoms with Gasteiger partial charge in [-0.3, -0.25) is 0 Å². The first-order valence-electron chi connectivity index (χ1n) is 5.00. The fourth-order valence-electron chi connectivity index (χ4n) is 1.37. The van der Waals surface area contributed by atoms with Crippen molar-refractivity contribution in [2.24, 2.45) is 0 Å². The zero-order chi connectivity index (χ0) is 13.1. The van der Waals surface area contributed by atoms with Gasteiger partial charge in [0.15, 0.2) is 11.6 Å². The SMILES string of the molecule is Fc1cc[c]c(OCc2cc(F)cc(F)c2F)c1. The molecule has 1 nitrogen and oxygen atoms in total. The maximum Gasteiger partial charge on any atom is 0.165 e. The molecule has 93 valence electrons. The van der Waals surface area contributed by atoms with Crippen LogP contribution in [0.5, 0.6) is 5.75 Å². The Bertz CT molecular complexity index is 569. The minimum Gasteiger partial charge on any atom is -0.488 e. The predicted octanol–water partition coefficient (Wildman–Crippen LogP) is 3.62. The van der Waals surface area contributed by atoms with Crippen LogP contribution in [0, 0.1) is 29.3 Å². The molecule has 0 unspecified atom stereocenters. The lowest BCUT2D eigenvalue weighted by atomic mass is 10.2. The van der Waals surface area contributed by atoms with Crippen molar-refractivity contribution in [1.82, 2.24) is 0 Å². The lowest BCUT2D eigenvalue weighted by Gasteiger charge is -2.07. The molecule has 2 aromatic rings.